The minimum Gasteiger partial charge on any atom is -0.411 e. The number of nitrogens with one attached hydrogen (secondary N) is 1. The van der Waals surface area contributed by atoms with E-state index in [1.54, 1.807) is 0 Å². The summed E-state index contributed by atoms with van der Waals surface area (Å²) >= 11 is 2.94. The van der Waals surface area contributed by atoms with Crippen LogP contribution < -0.4 is 5.32 Å². The van der Waals surface area contributed by atoms with Gasteiger partial charge in [-0.1, -0.05) is 16.5 Å². The Bertz CT molecular complexity index is 601. The number of thiophene rings is 1. The Balaban J connectivity index is 2.31. The fourth-order valence-corrected chi connectivity index (χ4v) is 3.48. The van der Waals surface area contributed by atoms with Crippen LogP contribution in [0.3, 0.4) is 0 Å². The number of nitrogens with zero attached hydrogens (tertiary/aromatic N) is 2. The molecule has 5 nitrogen and oxygen atoms in total. The van der Waals surface area contributed by atoms with Crippen molar-refractivity contribution in [2.75, 3.05) is 5.32 Å². The van der Waals surface area contributed by atoms with E-state index in [2.05, 4.69) is 15.5 Å². The average Bonchev–Trinajstić information content (AvgIpc) is 2.85. The first-order valence-electron chi connectivity index (χ1n) is 5.13. The first-order chi connectivity index (χ1) is 8.60. The van der Waals surface area contributed by atoms with Crippen LogP contribution in [0.1, 0.15) is 17.5 Å². The van der Waals surface area contributed by atoms with Crippen molar-refractivity contribution in [1.29, 1.82) is 0 Å². The van der Waals surface area contributed by atoms with E-state index >= 15 is 0 Å². The van der Waals surface area contributed by atoms with Crippen molar-refractivity contribution in [1.82, 2.24) is 4.98 Å². The zero-order valence-electron chi connectivity index (χ0n) is 9.80. The number of hydrogen-bond donors (Lipinski definition) is 2. The molecule has 2 aromatic heterocycles. The standard InChI is InChI=1S/C11H11N3O2S2/c1-6-10(18-11(13-6)14-7(2)15)9-4-3-8(17-9)5-12-16/h3-5,16H,1-2H3,(H,13,14,15)/b12-5+. The zero-order chi connectivity index (χ0) is 13.1. The van der Waals surface area contributed by atoms with Crippen LogP contribution in [0, 0.1) is 6.92 Å². The quantitative estimate of drug-likeness (QED) is 0.516. The van der Waals surface area contributed by atoms with Crippen LogP contribution in [-0.2, 0) is 4.79 Å². The van der Waals surface area contributed by atoms with Crippen molar-refractivity contribution in [3.05, 3.63) is 22.7 Å². The van der Waals surface area contributed by atoms with Crippen LogP contribution in [0.2, 0.25) is 0 Å². The molecule has 2 aromatic rings. The summed E-state index contributed by atoms with van der Waals surface area (Å²) in [4.78, 5) is 18.2. The molecule has 0 spiro atoms. The van der Waals surface area contributed by atoms with Gasteiger partial charge >= 0.3 is 0 Å². The molecule has 94 valence electrons. The van der Waals surface area contributed by atoms with E-state index in [1.807, 2.05) is 19.1 Å². The molecule has 0 aliphatic heterocycles. The van der Waals surface area contributed by atoms with E-state index in [0.717, 1.165) is 20.3 Å². The van der Waals surface area contributed by atoms with Gasteiger partial charge < -0.3 is 10.5 Å². The Morgan fingerprint density at radius 1 is 1.50 bits per heavy atom. The van der Waals surface area contributed by atoms with E-state index in [1.165, 1.54) is 35.8 Å². The predicted molar refractivity (Wildman–Crippen MR) is 73.8 cm³/mol. The number of aromatic nitrogens is 1. The number of hydrogen-bond acceptors (Lipinski definition) is 6. The second-order valence-electron chi connectivity index (χ2n) is 3.56. The lowest BCUT2D eigenvalue weighted by Gasteiger charge is -1.92. The van der Waals surface area contributed by atoms with Gasteiger partial charge in [0.1, 0.15) is 0 Å². The molecule has 2 rings (SSSR count). The Kier molecular flexibility index (Phi) is 3.73. The van der Waals surface area contributed by atoms with Crippen LogP contribution in [0.5, 0.6) is 0 Å². The fraction of sp³-hybridized carbons (Fsp3) is 0.182. The van der Waals surface area contributed by atoms with Gasteiger partial charge in [-0.3, -0.25) is 4.79 Å². The lowest BCUT2D eigenvalue weighted by atomic mass is 10.3. The molecule has 0 atom stereocenters. The summed E-state index contributed by atoms with van der Waals surface area (Å²) in [6.45, 7) is 3.36. The second-order valence-corrected chi connectivity index (χ2v) is 5.68. The molecular formula is C11H11N3O2S2. The van der Waals surface area contributed by atoms with Crippen LogP contribution >= 0.6 is 22.7 Å². The van der Waals surface area contributed by atoms with Crippen molar-refractivity contribution in [3.8, 4) is 9.75 Å². The number of thiazole rings is 1. The van der Waals surface area contributed by atoms with Gasteiger partial charge in [0, 0.05) is 16.7 Å². The molecule has 0 radical (unpaired) electrons. The Morgan fingerprint density at radius 3 is 2.94 bits per heavy atom. The highest BCUT2D eigenvalue weighted by Crippen LogP contribution is 2.36. The second kappa shape index (κ2) is 5.28. The van der Waals surface area contributed by atoms with Gasteiger partial charge in [-0.25, -0.2) is 4.98 Å². The third-order valence-corrected chi connectivity index (χ3v) is 4.39. The Labute approximate surface area is 112 Å². The third kappa shape index (κ3) is 2.74. The van der Waals surface area contributed by atoms with Crippen LogP contribution in [-0.4, -0.2) is 22.3 Å². The summed E-state index contributed by atoms with van der Waals surface area (Å²) in [5.74, 6) is -0.130. The molecule has 0 saturated heterocycles. The molecule has 1 amide bonds. The van der Waals surface area contributed by atoms with Crippen LogP contribution in [0.15, 0.2) is 17.3 Å². The highest BCUT2D eigenvalue weighted by Gasteiger charge is 2.12. The van der Waals surface area contributed by atoms with E-state index < -0.39 is 0 Å². The van der Waals surface area contributed by atoms with E-state index in [-0.39, 0.29) is 5.91 Å². The summed E-state index contributed by atoms with van der Waals surface area (Å²) in [7, 11) is 0. The molecular weight excluding hydrogens is 270 g/mol. The molecule has 0 bridgehead atoms. The maximum atomic E-state index is 11.0. The molecule has 18 heavy (non-hydrogen) atoms. The van der Waals surface area contributed by atoms with E-state index in [4.69, 9.17) is 5.21 Å². The first kappa shape index (κ1) is 12.7. The summed E-state index contributed by atoms with van der Waals surface area (Å²) in [5.41, 5.74) is 0.873. The predicted octanol–water partition coefficient (Wildman–Crippen LogP) is 2.95. The number of rotatable bonds is 3. The summed E-state index contributed by atoms with van der Waals surface area (Å²) in [6, 6.07) is 3.82. The van der Waals surface area contributed by atoms with Crippen LogP contribution in [0.25, 0.3) is 9.75 Å². The van der Waals surface area contributed by atoms with Crippen molar-refractivity contribution >= 4 is 39.9 Å². The van der Waals surface area contributed by atoms with Crippen molar-refractivity contribution in [2.45, 2.75) is 13.8 Å². The van der Waals surface area contributed by atoms with Gasteiger partial charge in [-0.05, 0) is 19.1 Å². The minimum absolute atomic E-state index is 0.130. The normalized spacial score (nSPS) is 11.0. The Morgan fingerprint density at radius 2 is 2.28 bits per heavy atom. The maximum absolute atomic E-state index is 11.0. The molecule has 2 heterocycles. The molecule has 0 aliphatic rings. The number of oxime groups is 1. The van der Waals surface area contributed by atoms with Crippen molar-refractivity contribution in [3.63, 3.8) is 0 Å². The van der Waals surface area contributed by atoms with E-state index in [0.29, 0.717) is 5.13 Å². The van der Waals surface area contributed by atoms with Gasteiger partial charge in [0.15, 0.2) is 5.13 Å². The van der Waals surface area contributed by atoms with Gasteiger partial charge in [0.2, 0.25) is 5.91 Å². The minimum atomic E-state index is -0.130. The SMILES string of the molecule is CC(=O)Nc1nc(C)c(-c2ccc(/C=N/O)s2)s1. The highest BCUT2D eigenvalue weighted by molar-refractivity contribution is 7.24. The molecule has 2 N–H and O–H groups in total. The molecule has 0 aliphatic carbocycles. The third-order valence-electron chi connectivity index (χ3n) is 2.12. The molecule has 0 saturated carbocycles. The fourth-order valence-electron chi connectivity index (χ4n) is 1.43. The molecule has 0 unspecified atom stereocenters. The van der Waals surface area contributed by atoms with E-state index in [9.17, 15) is 4.79 Å². The van der Waals surface area contributed by atoms with Crippen LogP contribution in [0.4, 0.5) is 5.13 Å². The number of carbonyl (C=O) groups excluding carboxylic acids is 1. The number of carbonyl (C=O) groups is 1. The highest BCUT2D eigenvalue weighted by atomic mass is 32.1. The van der Waals surface area contributed by atoms with Gasteiger partial charge in [-0.2, -0.15) is 0 Å². The topological polar surface area (TPSA) is 74.6 Å². The maximum Gasteiger partial charge on any atom is 0.223 e. The summed E-state index contributed by atoms with van der Waals surface area (Å²) in [6.07, 6.45) is 1.39. The lowest BCUT2D eigenvalue weighted by Crippen LogP contribution is -2.04. The Hall–Kier alpha value is -1.73. The number of aryl methyl sites for hydroxylation is 1. The molecule has 7 heteroatoms. The van der Waals surface area contributed by atoms with Crippen molar-refractivity contribution < 1.29 is 10.0 Å². The summed E-state index contributed by atoms with van der Waals surface area (Å²) < 4.78 is 0. The largest absolute Gasteiger partial charge is 0.411 e. The average molecular weight is 281 g/mol. The molecule has 0 fully saturated rings. The first-order valence-corrected chi connectivity index (χ1v) is 6.76. The number of anilines is 1. The van der Waals surface area contributed by atoms with Crippen molar-refractivity contribution in [2.24, 2.45) is 5.16 Å². The lowest BCUT2D eigenvalue weighted by molar-refractivity contribution is -0.114. The summed E-state index contributed by atoms with van der Waals surface area (Å²) in [5, 5.41) is 14.7. The molecule has 0 aromatic carbocycles. The van der Waals surface area contributed by atoms with Gasteiger partial charge in [0.25, 0.3) is 0 Å². The van der Waals surface area contributed by atoms with Gasteiger partial charge in [0.05, 0.1) is 16.8 Å². The number of amides is 1. The smallest absolute Gasteiger partial charge is 0.223 e. The monoisotopic (exact) mass is 281 g/mol. The zero-order valence-corrected chi connectivity index (χ0v) is 11.4. The van der Waals surface area contributed by atoms with Gasteiger partial charge in [-0.15, -0.1) is 11.3 Å².